The molecule has 3 atom stereocenters. The van der Waals surface area contributed by atoms with E-state index in [-0.39, 0.29) is 5.97 Å². The Balaban J connectivity index is 1.66. The zero-order valence-corrected chi connectivity index (χ0v) is 16.0. The maximum atomic E-state index is 11.4. The van der Waals surface area contributed by atoms with E-state index in [0.29, 0.717) is 11.6 Å². The third-order valence-electron chi connectivity index (χ3n) is 5.23. The molecule has 1 aromatic carbocycles. The fourth-order valence-corrected chi connectivity index (χ4v) is 3.92. The summed E-state index contributed by atoms with van der Waals surface area (Å²) in [5, 5.41) is 3.58. The van der Waals surface area contributed by atoms with Crippen molar-refractivity contribution in [2.45, 2.75) is 65.0 Å². The second-order valence-corrected chi connectivity index (χ2v) is 7.77. The summed E-state index contributed by atoms with van der Waals surface area (Å²) >= 11 is 0. The number of allylic oxidation sites excluding steroid dienone is 1. The minimum Gasteiger partial charge on any atom is -0.465 e. The van der Waals surface area contributed by atoms with Crippen molar-refractivity contribution in [2.24, 2.45) is 11.8 Å². The van der Waals surface area contributed by atoms with Crippen LogP contribution in [0.1, 0.15) is 68.3 Å². The molecule has 0 aromatic heterocycles. The number of methoxy groups -OCH3 is 1. The molecule has 3 heteroatoms. The number of nitrogens with one attached hydrogen (secondary N) is 1. The molecule has 0 heterocycles. The van der Waals surface area contributed by atoms with Crippen LogP contribution in [0.5, 0.6) is 0 Å². The summed E-state index contributed by atoms with van der Waals surface area (Å²) in [7, 11) is 1.41. The maximum Gasteiger partial charge on any atom is 0.337 e. The highest BCUT2D eigenvalue weighted by Gasteiger charge is 2.20. The minimum absolute atomic E-state index is 0.285. The smallest absolute Gasteiger partial charge is 0.337 e. The van der Waals surface area contributed by atoms with Gasteiger partial charge in [-0.25, -0.2) is 4.79 Å². The normalized spacial score (nSPS) is 21.8. The predicted octanol–water partition coefficient (Wildman–Crippen LogP) is 5.11. The lowest BCUT2D eigenvalue weighted by molar-refractivity contribution is 0.0600. The number of benzene rings is 1. The Bertz CT molecular complexity index is 564. The molecule has 1 aliphatic carbocycles. The number of rotatable bonds is 8. The number of hydrogen-bond donors (Lipinski definition) is 1. The van der Waals surface area contributed by atoms with Gasteiger partial charge < -0.3 is 10.1 Å². The maximum absolute atomic E-state index is 11.4. The third kappa shape index (κ3) is 6.66. The lowest BCUT2D eigenvalue weighted by Crippen LogP contribution is -2.25. The van der Waals surface area contributed by atoms with Gasteiger partial charge in [0.15, 0.2) is 0 Å². The molecule has 0 saturated heterocycles. The van der Waals surface area contributed by atoms with Crippen LogP contribution in [0.15, 0.2) is 36.4 Å². The Kier molecular flexibility index (Phi) is 7.70. The summed E-state index contributed by atoms with van der Waals surface area (Å²) in [5.41, 5.74) is 3.24. The molecule has 1 N–H and O–H groups in total. The van der Waals surface area contributed by atoms with Crippen LogP contribution in [0.4, 0.5) is 0 Å². The molecule has 0 amide bonds. The van der Waals surface area contributed by atoms with E-state index in [1.165, 1.54) is 56.8 Å². The van der Waals surface area contributed by atoms with Crippen molar-refractivity contribution in [1.29, 1.82) is 0 Å². The van der Waals surface area contributed by atoms with E-state index in [1.807, 2.05) is 24.3 Å². The Morgan fingerprint density at radius 3 is 2.68 bits per heavy atom. The van der Waals surface area contributed by atoms with Crippen molar-refractivity contribution in [2.75, 3.05) is 7.11 Å². The molecule has 3 unspecified atom stereocenters. The SMILES string of the molecule is C=C1CC(C)CC(CCCC(C)NCc2ccc(C(=O)OC)cc2)C1. The summed E-state index contributed by atoms with van der Waals surface area (Å²) in [5.74, 6) is 1.37. The molecule has 0 radical (unpaired) electrons. The molecule has 0 spiro atoms. The molecule has 1 aromatic rings. The molecule has 138 valence electrons. The minimum atomic E-state index is -0.285. The molecule has 3 nitrogen and oxygen atoms in total. The van der Waals surface area contributed by atoms with Gasteiger partial charge >= 0.3 is 5.97 Å². The summed E-state index contributed by atoms with van der Waals surface area (Å²) in [6.07, 6.45) is 7.64. The van der Waals surface area contributed by atoms with Gasteiger partial charge in [0.05, 0.1) is 12.7 Å². The standard InChI is InChI=1S/C22H33NO2/c1-16-12-17(2)14-20(13-16)7-5-6-18(3)23-15-19-8-10-21(11-9-19)22(24)25-4/h8-11,17-18,20,23H,1,5-7,12-15H2,2-4H3. The van der Waals surface area contributed by atoms with Gasteiger partial charge in [0.2, 0.25) is 0 Å². The predicted molar refractivity (Wildman–Crippen MR) is 104 cm³/mol. The van der Waals surface area contributed by atoms with Crippen molar-refractivity contribution in [3.63, 3.8) is 0 Å². The van der Waals surface area contributed by atoms with Crippen LogP contribution in [-0.4, -0.2) is 19.1 Å². The van der Waals surface area contributed by atoms with Crippen LogP contribution in [0, 0.1) is 11.8 Å². The van der Waals surface area contributed by atoms with E-state index in [9.17, 15) is 4.79 Å². The first-order valence-electron chi connectivity index (χ1n) is 9.55. The number of carbonyl (C=O) groups is 1. The summed E-state index contributed by atoms with van der Waals surface area (Å²) in [4.78, 5) is 11.4. The molecule has 0 bridgehead atoms. The van der Waals surface area contributed by atoms with Crippen LogP contribution >= 0.6 is 0 Å². The topological polar surface area (TPSA) is 38.3 Å². The lowest BCUT2D eigenvalue weighted by atomic mass is 9.78. The zero-order chi connectivity index (χ0) is 18.2. The Hall–Kier alpha value is -1.61. The highest BCUT2D eigenvalue weighted by Crippen LogP contribution is 2.34. The Morgan fingerprint density at radius 2 is 2.04 bits per heavy atom. The fourth-order valence-electron chi connectivity index (χ4n) is 3.92. The van der Waals surface area contributed by atoms with Crippen molar-refractivity contribution in [1.82, 2.24) is 5.32 Å². The van der Waals surface area contributed by atoms with E-state index in [0.717, 1.165) is 18.4 Å². The molecule has 1 fully saturated rings. The fraction of sp³-hybridized carbons (Fsp3) is 0.591. The Labute approximate surface area is 152 Å². The second-order valence-electron chi connectivity index (χ2n) is 7.77. The van der Waals surface area contributed by atoms with Gasteiger partial charge in [0, 0.05) is 12.6 Å². The quantitative estimate of drug-likeness (QED) is 0.526. The monoisotopic (exact) mass is 343 g/mol. The highest BCUT2D eigenvalue weighted by molar-refractivity contribution is 5.89. The van der Waals surface area contributed by atoms with E-state index < -0.39 is 0 Å². The second kappa shape index (κ2) is 9.76. The molecule has 25 heavy (non-hydrogen) atoms. The summed E-state index contributed by atoms with van der Waals surface area (Å²) < 4.78 is 4.72. The zero-order valence-electron chi connectivity index (χ0n) is 16.0. The van der Waals surface area contributed by atoms with E-state index in [2.05, 4.69) is 25.7 Å². The van der Waals surface area contributed by atoms with Gasteiger partial charge in [0.1, 0.15) is 0 Å². The van der Waals surface area contributed by atoms with Gasteiger partial charge in [-0.3, -0.25) is 0 Å². The number of esters is 1. The van der Waals surface area contributed by atoms with E-state index in [1.54, 1.807) is 0 Å². The summed E-state index contributed by atoms with van der Waals surface area (Å²) in [6, 6.07) is 8.13. The van der Waals surface area contributed by atoms with Gasteiger partial charge in [-0.2, -0.15) is 0 Å². The van der Waals surface area contributed by atoms with Gasteiger partial charge in [-0.1, -0.05) is 44.1 Å². The average molecular weight is 344 g/mol. The first-order chi connectivity index (χ1) is 12.0. The van der Waals surface area contributed by atoms with Crippen LogP contribution in [0.25, 0.3) is 0 Å². The number of hydrogen-bond acceptors (Lipinski definition) is 3. The van der Waals surface area contributed by atoms with E-state index >= 15 is 0 Å². The van der Waals surface area contributed by atoms with Crippen molar-refractivity contribution < 1.29 is 9.53 Å². The van der Waals surface area contributed by atoms with E-state index in [4.69, 9.17) is 4.74 Å². The molecule has 2 rings (SSSR count). The Morgan fingerprint density at radius 1 is 1.32 bits per heavy atom. The summed E-state index contributed by atoms with van der Waals surface area (Å²) in [6.45, 7) is 9.64. The van der Waals surface area contributed by atoms with Crippen LogP contribution in [-0.2, 0) is 11.3 Å². The van der Waals surface area contributed by atoms with Gasteiger partial charge in [-0.15, -0.1) is 0 Å². The lowest BCUT2D eigenvalue weighted by Gasteiger charge is -2.28. The molecular formula is C22H33NO2. The average Bonchev–Trinajstić information content (AvgIpc) is 2.59. The number of carbonyl (C=O) groups excluding carboxylic acids is 1. The molecule has 0 aliphatic heterocycles. The van der Waals surface area contributed by atoms with Crippen molar-refractivity contribution in [3.8, 4) is 0 Å². The van der Waals surface area contributed by atoms with Crippen molar-refractivity contribution >= 4 is 5.97 Å². The molecular weight excluding hydrogens is 310 g/mol. The van der Waals surface area contributed by atoms with Crippen molar-refractivity contribution in [3.05, 3.63) is 47.5 Å². The van der Waals surface area contributed by atoms with Crippen LogP contribution < -0.4 is 5.32 Å². The van der Waals surface area contributed by atoms with Crippen LogP contribution in [0.2, 0.25) is 0 Å². The highest BCUT2D eigenvalue weighted by atomic mass is 16.5. The first kappa shape index (κ1) is 19.7. The van der Waals surface area contributed by atoms with Gasteiger partial charge in [0.25, 0.3) is 0 Å². The first-order valence-corrected chi connectivity index (χ1v) is 9.55. The van der Waals surface area contributed by atoms with Gasteiger partial charge in [-0.05, 0) is 62.1 Å². The number of ether oxygens (including phenoxy) is 1. The van der Waals surface area contributed by atoms with Crippen LogP contribution in [0.3, 0.4) is 0 Å². The third-order valence-corrected chi connectivity index (χ3v) is 5.23. The largest absolute Gasteiger partial charge is 0.465 e. The molecule has 1 aliphatic rings. The molecule has 1 saturated carbocycles.